The van der Waals surface area contributed by atoms with Crippen molar-refractivity contribution < 1.29 is 28.3 Å². The summed E-state index contributed by atoms with van der Waals surface area (Å²) in [6.07, 6.45) is 1.33. The number of Topliss-reactive ketones (excluding diaryl/α,β-unsaturated/α-hetero) is 1. The molecule has 0 amide bonds. The monoisotopic (exact) mass is 378 g/mol. The van der Waals surface area contributed by atoms with Crippen LogP contribution in [0.5, 0.6) is 0 Å². The Bertz CT molecular complexity index is 973. The van der Waals surface area contributed by atoms with E-state index in [-0.39, 0.29) is 24.8 Å². The summed E-state index contributed by atoms with van der Waals surface area (Å²) in [4.78, 5) is 36.1. The maximum Gasteiger partial charge on any atom is 0.338 e. The van der Waals surface area contributed by atoms with E-state index in [0.29, 0.717) is 22.3 Å². The van der Waals surface area contributed by atoms with E-state index in [1.165, 1.54) is 13.2 Å². The smallest absolute Gasteiger partial charge is 0.338 e. The van der Waals surface area contributed by atoms with Crippen LogP contribution in [0.1, 0.15) is 49.3 Å². The summed E-state index contributed by atoms with van der Waals surface area (Å²) in [5.41, 5.74) is 1.66. The van der Waals surface area contributed by atoms with Crippen molar-refractivity contribution in [2.75, 3.05) is 0 Å². The summed E-state index contributed by atoms with van der Waals surface area (Å²) in [7, 11) is 0. The Hall–Kier alpha value is -3.67. The fourth-order valence-electron chi connectivity index (χ4n) is 2.59. The molecule has 1 heterocycles. The van der Waals surface area contributed by atoms with Crippen LogP contribution in [-0.4, -0.2) is 17.7 Å². The van der Waals surface area contributed by atoms with Gasteiger partial charge in [-0.2, -0.15) is 0 Å². The lowest BCUT2D eigenvalue weighted by atomic mass is 10.1. The number of furan rings is 1. The third-order valence-corrected chi connectivity index (χ3v) is 4.03. The Balaban J connectivity index is 1.71. The van der Waals surface area contributed by atoms with Gasteiger partial charge in [-0.3, -0.25) is 4.79 Å². The molecule has 0 aliphatic heterocycles. The van der Waals surface area contributed by atoms with Crippen molar-refractivity contribution in [3.63, 3.8) is 0 Å². The lowest BCUT2D eigenvalue weighted by Crippen LogP contribution is -2.10. The minimum atomic E-state index is -0.525. The molecule has 0 aliphatic carbocycles. The summed E-state index contributed by atoms with van der Waals surface area (Å²) in [6.45, 7) is 1.07. The van der Waals surface area contributed by atoms with Gasteiger partial charge in [0.25, 0.3) is 0 Å². The van der Waals surface area contributed by atoms with Gasteiger partial charge >= 0.3 is 11.9 Å². The first-order valence-corrected chi connectivity index (χ1v) is 8.60. The van der Waals surface area contributed by atoms with Crippen LogP contribution in [0.4, 0.5) is 0 Å². The third kappa shape index (κ3) is 4.54. The molecule has 6 nitrogen and oxygen atoms in total. The minimum absolute atomic E-state index is 0.0756. The fraction of sp³-hybridized carbons (Fsp3) is 0.136. The van der Waals surface area contributed by atoms with Crippen LogP contribution in [0.25, 0.3) is 0 Å². The molecule has 142 valence electrons. The van der Waals surface area contributed by atoms with Crippen LogP contribution in [-0.2, 0) is 22.7 Å². The molecule has 6 heteroatoms. The minimum Gasteiger partial charge on any atom is -0.460 e. The molecular weight excluding hydrogens is 360 g/mol. The zero-order valence-electron chi connectivity index (χ0n) is 15.2. The topological polar surface area (TPSA) is 82.8 Å². The molecule has 0 fully saturated rings. The first kappa shape index (κ1) is 19.1. The van der Waals surface area contributed by atoms with E-state index in [0.717, 1.165) is 0 Å². The number of esters is 2. The van der Waals surface area contributed by atoms with Crippen LogP contribution in [0.2, 0.25) is 0 Å². The van der Waals surface area contributed by atoms with Gasteiger partial charge in [-0.1, -0.05) is 36.4 Å². The number of carbonyl (C=O) groups is 3. The molecule has 0 aliphatic rings. The predicted molar refractivity (Wildman–Crippen MR) is 99.8 cm³/mol. The van der Waals surface area contributed by atoms with E-state index in [2.05, 4.69) is 0 Å². The number of benzene rings is 2. The number of rotatable bonds is 7. The molecular formula is C22H18O6. The maximum atomic E-state index is 12.2. The molecule has 0 spiro atoms. The first-order valence-electron chi connectivity index (χ1n) is 8.60. The van der Waals surface area contributed by atoms with E-state index < -0.39 is 11.9 Å². The van der Waals surface area contributed by atoms with Gasteiger partial charge in [0.15, 0.2) is 11.5 Å². The van der Waals surface area contributed by atoms with Crippen LogP contribution in [0, 0.1) is 0 Å². The normalized spacial score (nSPS) is 10.3. The lowest BCUT2D eigenvalue weighted by molar-refractivity contribution is 0.0435. The van der Waals surface area contributed by atoms with Crippen molar-refractivity contribution in [2.24, 2.45) is 0 Å². The molecule has 0 atom stereocenters. The Morgan fingerprint density at radius 1 is 0.786 bits per heavy atom. The number of hydrogen-bond donors (Lipinski definition) is 0. The van der Waals surface area contributed by atoms with Crippen LogP contribution < -0.4 is 0 Å². The van der Waals surface area contributed by atoms with Gasteiger partial charge in [0, 0.05) is 18.1 Å². The van der Waals surface area contributed by atoms with Crippen LogP contribution >= 0.6 is 0 Å². The Kier molecular flexibility index (Phi) is 6.01. The van der Waals surface area contributed by atoms with E-state index in [4.69, 9.17) is 13.9 Å². The highest BCUT2D eigenvalue weighted by Crippen LogP contribution is 2.21. The average molecular weight is 378 g/mol. The predicted octanol–water partition coefficient (Wildman–Crippen LogP) is 4.20. The van der Waals surface area contributed by atoms with Gasteiger partial charge in [0.2, 0.25) is 0 Å². The molecule has 0 bridgehead atoms. The fourth-order valence-corrected chi connectivity index (χ4v) is 2.59. The highest BCUT2D eigenvalue weighted by atomic mass is 16.5. The average Bonchev–Trinajstić information content (AvgIpc) is 3.14. The van der Waals surface area contributed by atoms with Gasteiger partial charge in [-0.15, -0.1) is 0 Å². The molecule has 2 aromatic carbocycles. The molecule has 3 rings (SSSR count). The first-order chi connectivity index (χ1) is 13.6. The molecule has 1 aromatic heterocycles. The largest absolute Gasteiger partial charge is 0.460 e. The summed E-state index contributed by atoms with van der Waals surface area (Å²) >= 11 is 0. The maximum absolute atomic E-state index is 12.2. The molecule has 0 saturated heterocycles. The summed E-state index contributed by atoms with van der Waals surface area (Å²) in [5, 5.41) is 0. The van der Waals surface area contributed by atoms with Crippen molar-refractivity contribution in [1.29, 1.82) is 0 Å². The summed E-state index contributed by atoms with van der Waals surface area (Å²) in [6, 6.07) is 17.0. The van der Waals surface area contributed by atoms with Crippen LogP contribution in [0.3, 0.4) is 0 Å². The van der Waals surface area contributed by atoms with Gasteiger partial charge in [0.1, 0.15) is 13.2 Å². The zero-order valence-corrected chi connectivity index (χ0v) is 15.2. The van der Waals surface area contributed by atoms with Crippen molar-refractivity contribution in [1.82, 2.24) is 0 Å². The van der Waals surface area contributed by atoms with E-state index in [1.54, 1.807) is 60.7 Å². The number of ketones is 1. The Labute approximate surface area is 161 Å². The number of carbonyl (C=O) groups excluding carboxylic acids is 3. The molecule has 0 saturated carbocycles. The van der Waals surface area contributed by atoms with Crippen LogP contribution in [0.15, 0.2) is 71.3 Å². The quantitative estimate of drug-likeness (QED) is 0.453. The second-order valence-corrected chi connectivity index (χ2v) is 6.01. The molecule has 0 radical (unpaired) electrons. The SMILES string of the molecule is CC(=O)c1occ(COC(=O)c2ccccc2)c1COC(=O)c1ccccc1. The van der Waals surface area contributed by atoms with Crippen molar-refractivity contribution in [2.45, 2.75) is 20.1 Å². The van der Waals surface area contributed by atoms with E-state index in [1.807, 2.05) is 0 Å². The molecule has 3 aromatic rings. The highest BCUT2D eigenvalue weighted by molar-refractivity contribution is 5.93. The lowest BCUT2D eigenvalue weighted by Gasteiger charge is -2.08. The van der Waals surface area contributed by atoms with Gasteiger partial charge in [-0.25, -0.2) is 9.59 Å². The second kappa shape index (κ2) is 8.81. The van der Waals surface area contributed by atoms with Crippen molar-refractivity contribution in [3.8, 4) is 0 Å². The highest BCUT2D eigenvalue weighted by Gasteiger charge is 2.20. The molecule has 0 unspecified atom stereocenters. The summed E-state index contributed by atoms with van der Waals surface area (Å²) in [5.74, 6) is -1.26. The standard InChI is InChI=1S/C22H18O6/c1-15(23)20-19(14-28-22(25)17-10-6-3-7-11-17)18(12-26-20)13-27-21(24)16-8-4-2-5-9-16/h2-12H,13-14H2,1H3. The van der Waals surface area contributed by atoms with Crippen molar-refractivity contribution in [3.05, 3.63) is 94.9 Å². The Morgan fingerprint density at radius 2 is 1.29 bits per heavy atom. The summed E-state index contributed by atoms with van der Waals surface area (Å²) < 4.78 is 15.9. The molecule has 28 heavy (non-hydrogen) atoms. The van der Waals surface area contributed by atoms with Gasteiger partial charge in [0.05, 0.1) is 17.4 Å². The van der Waals surface area contributed by atoms with Gasteiger partial charge in [-0.05, 0) is 24.3 Å². The molecule has 0 N–H and O–H groups in total. The third-order valence-electron chi connectivity index (χ3n) is 4.03. The second-order valence-electron chi connectivity index (χ2n) is 6.01. The zero-order chi connectivity index (χ0) is 19.9. The number of hydrogen-bond acceptors (Lipinski definition) is 6. The van der Waals surface area contributed by atoms with E-state index >= 15 is 0 Å². The number of ether oxygens (including phenoxy) is 2. The van der Waals surface area contributed by atoms with Gasteiger partial charge < -0.3 is 13.9 Å². The Morgan fingerprint density at radius 3 is 1.79 bits per heavy atom. The van der Waals surface area contributed by atoms with Crippen molar-refractivity contribution >= 4 is 17.7 Å². The van der Waals surface area contributed by atoms with E-state index in [9.17, 15) is 14.4 Å².